The lowest BCUT2D eigenvalue weighted by Crippen LogP contribution is -2.54. The molecule has 7 nitrogen and oxygen atoms in total. The summed E-state index contributed by atoms with van der Waals surface area (Å²) >= 11 is 6.26. The van der Waals surface area contributed by atoms with Crippen molar-refractivity contribution < 1.29 is 18.0 Å². The number of benzene rings is 2. The number of sulfonamides is 1. The third-order valence-electron chi connectivity index (χ3n) is 7.01. The fourth-order valence-electron chi connectivity index (χ4n) is 4.90. The smallest absolute Gasteiger partial charge is 0.244 e. The first-order valence-corrected chi connectivity index (χ1v) is 15.2. The summed E-state index contributed by atoms with van der Waals surface area (Å²) in [7, 11) is -3.80. The molecule has 0 aromatic heterocycles. The predicted molar refractivity (Wildman–Crippen MR) is 149 cm³/mol. The number of hydrogen-bond acceptors (Lipinski definition) is 4. The van der Waals surface area contributed by atoms with Gasteiger partial charge >= 0.3 is 0 Å². The van der Waals surface area contributed by atoms with Gasteiger partial charge in [-0.25, -0.2) is 8.42 Å². The van der Waals surface area contributed by atoms with E-state index >= 15 is 0 Å². The Bertz CT molecular complexity index is 1170. The van der Waals surface area contributed by atoms with Gasteiger partial charge in [0.25, 0.3) is 0 Å². The number of hydrogen-bond donors (Lipinski definition) is 1. The van der Waals surface area contributed by atoms with Crippen LogP contribution in [0.3, 0.4) is 0 Å². The van der Waals surface area contributed by atoms with Crippen molar-refractivity contribution in [3.05, 3.63) is 64.7 Å². The second-order valence-corrected chi connectivity index (χ2v) is 12.1. The van der Waals surface area contributed by atoms with E-state index in [1.807, 2.05) is 37.3 Å². The Balaban J connectivity index is 1.89. The summed E-state index contributed by atoms with van der Waals surface area (Å²) in [5, 5.41) is 3.57. The first-order valence-electron chi connectivity index (χ1n) is 13.0. The Kier molecular flexibility index (Phi) is 10.4. The molecule has 1 saturated carbocycles. The van der Waals surface area contributed by atoms with Crippen molar-refractivity contribution in [2.24, 2.45) is 0 Å². The largest absolute Gasteiger partial charge is 0.352 e. The van der Waals surface area contributed by atoms with Crippen LogP contribution in [-0.2, 0) is 26.0 Å². The number of nitrogens with one attached hydrogen (secondary N) is 1. The van der Waals surface area contributed by atoms with E-state index in [4.69, 9.17) is 11.6 Å². The van der Waals surface area contributed by atoms with E-state index in [1.54, 1.807) is 30.0 Å². The van der Waals surface area contributed by atoms with Crippen molar-refractivity contribution in [3.8, 4) is 0 Å². The third-order valence-corrected chi connectivity index (χ3v) is 8.54. The molecular weight excluding hydrogens is 510 g/mol. The summed E-state index contributed by atoms with van der Waals surface area (Å²) in [5.74, 6) is -0.605. The monoisotopic (exact) mass is 547 g/mol. The first kappa shape index (κ1) is 29.0. The van der Waals surface area contributed by atoms with Crippen LogP contribution in [0.4, 0.5) is 5.69 Å². The van der Waals surface area contributed by atoms with Crippen LogP contribution in [0.2, 0.25) is 5.02 Å². The van der Waals surface area contributed by atoms with Gasteiger partial charge in [0.05, 0.1) is 11.9 Å². The van der Waals surface area contributed by atoms with E-state index in [0.717, 1.165) is 41.8 Å². The van der Waals surface area contributed by atoms with Gasteiger partial charge in [0.15, 0.2) is 0 Å². The summed E-state index contributed by atoms with van der Waals surface area (Å²) in [6.45, 7) is 3.48. The zero-order chi connectivity index (χ0) is 27.0. The molecule has 9 heteroatoms. The number of anilines is 1. The maximum Gasteiger partial charge on any atom is 0.244 e. The van der Waals surface area contributed by atoms with E-state index in [-0.39, 0.29) is 11.9 Å². The number of rotatable bonds is 11. The first-order chi connectivity index (χ1) is 17.6. The molecule has 1 fully saturated rings. The van der Waals surface area contributed by atoms with E-state index in [2.05, 4.69) is 5.32 Å². The molecule has 0 saturated heterocycles. The minimum atomic E-state index is -3.80. The molecule has 37 heavy (non-hydrogen) atoms. The topological polar surface area (TPSA) is 86.8 Å². The summed E-state index contributed by atoms with van der Waals surface area (Å²) in [5.41, 5.74) is 1.96. The highest BCUT2D eigenvalue weighted by atomic mass is 35.5. The Hall–Kier alpha value is -2.58. The molecule has 0 spiro atoms. The predicted octanol–water partition coefficient (Wildman–Crippen LogP) is 4.71. The molecule has 1 unspecified atom stereocenters. The summed E-state index contributed by atoms with van der Waals surface area (Å²) in [6.07, 6.45) is 7.27. The molecule has 0 bridgehead atoms. The zero-order valence-electron chi connectivity index (χ0n) is 22.0. The van der Waals surface area contributed by atoms with Gasteiger partial charge in [0.1, 0.15) is 12.6 Å². The van der Waals surface area contributed by atoms with Crippen molar-refractivity contribution in [2.45, 2.75) is 70.9 Å². The molecule has 202 valence electrons. The molecule has 0 aliphatic heterocycles. The third kappa shape index (κ3) is 7.95. The number of halogens is 1. The molecule has 0 radical (unpaired) electrons. The van der Waals surface area contributed by atoms with Gasteiger partial charge in [0.2, 0.25) is 21.8 Å². The van der Waals surface area contributed by atoms with Gasteiger partial charge in [-0.1, -0.05) is 74.2 Å². The maximum atomic E-state index is 13.8. The average Bonchev–Trinajstić information content (AvgIpc) is 2.87. The maximum absolute atomic E-state index is 13.8. The fraction of sp³-hybridized carbons (Fsp3) is 0.500. The molecule has 1 N–H and O–H groups in total. The molecule has 1 atom stereocenters. The highest BCUT2D eigenvalue weighted by molar-refractivity contribution is 7.92. The molecule has 3 rings (SSSR count). The highest BCUT2D eigenvalue weighted by Gasteiger charge is 2.33. The Labute approximate surface area is 226 Å². The van der Waals surface area contributed by atoms with E-state index in [0.29, 0.717) is 35.7 Å². The molecule has 2 aromatic rings. The zero-order valence-corrected chi connectivity index (χ0v) is 23.5. The van der Waals surface area contributed by atoms with Crippen molar-refractivity contribution >= 4 is 39.1 Å². The summed E-state index contributed by atoms with van der Waals surface area (Å²) < 4.78 is 26.7. The summed E-state index contributed by atoms with van der Waals surface area (Å²) in [4.78, 5) is 28.7. The standard InChI is InChI=1S/C28H38ClN3O4S/c1-4-25(28(34)30-23-14-9-6-10-15-23)31(19-18-22-12-7-5-8-13-22)27(33)20-32(37(3,35)36)26-17-11-16-24(29)21(26)2/h5,7-8,11-13,16-17,23,25H,4,6,9-10,14-15,18-20H2,1-3H3,(H,30,34). The van der Waals surface area contributed by atoms with Crippen molar-refractivity contribution in [1.29, 1.82) is 0 Å². The summed E-state index contributed by atoms with van der Waals surface area (Å²) in [6, 6.07) is 14.1. The van der Waals surface area contributed by atoms with E-state index < -0.39 is 28.5 Å². The normalized spacial score (nSPS) is 15.1. The van der Waals surface area contributed by atoms with Gasteiger partial charge in [0, 0.05) is 17.6 Å². The van der Waals surface area contributed by atoms with Crippen LogP contribution >= 0.6 is 11.6 Å². The Morgan fingerprint density at radius 1 is 1.05 bits per heavy atom. The van der Waals surface area contributed by atoms with Crippen LogP contribution in [0.25, 0.3) is 0 Å². The number of amides is 2. The van der Waals surface area contributed by atoms with Crippen LogP contribution in [0.5, 0.6) is 0 Å². The minimum Gasteiger partial charge on any atom is -0.352 e. The molecule has 0 heterocycles. The minimum absolute atomic E-state index is 0.114. The van der Waals surface area contributed by atoms with Gasteiger partial charge < -0.3 is 10.2 Å². The van der Waals surface area contributed by atoms with Crippen LogP contribution in [0, 0.1) is 6.92 Å². The SMILES string of the molecule is CCC(C(=O)NC1CCCCC1)N(CCc1ccccc1)C(=O)CN(c1cccc(Cl)c1C)S(C)(=O)=O. The number of carbonyl (C=O) groups excluding carboxylic acids is 2. The number of carbonyl (C=O) groups is 2. The quantitative estimate of drug-likeness (QED) is 0.441. The van der Waals surface area contributed by atoms with Crippen molar-refractivity contribution in [1.82, 2.24) is 10.2 Å². The second-order valence-electron chi connectivity index (χ2n) is 9.74. The lowest BCUT2D eigenvalue weighted by molar-refractivity contribution is -0.140. The van der Waals surface area contributed by atoms with Crippen molar-refractivity contribution in [3.63, 3.8) is 0 Å². The Morgan fingerprint density at radius 2 is 1.73 bits per heavy atom. The highest BCUT2D eigenvalue weighted by Crippen LogP contribution is 2.28. The van der Waals surface area contributed by atoms with Crippen molar-refractivity contribution in [2.75, 3.05) is 23.7 Å². The van der Waals surface area contributed by atoms with Crippen LogP contribution in [0.1, 0.15) is 56.6 Å². The van der Waals surface area contributed by atoms with Crippen LogP contribution in [-0.4, -0.2) is 56.6 Å². The molecule has 2 amide bonds. The lowest BCUT2D eigenvalue weighted by atomic mass is 9.95. The molecule has 1 aliphatic rings. The van der Waals surface area contributed by atoms with Crippen LogP contribution < -0.4 is 9.62 Å². The molecule has 2 aromatic carbocycles. The van der Waals surface area contributed by atoms with Gasteiger partial charge in [-0.2, -0.15) is 0 Å². The van der Waals surface area contributed by atoms with Gasteiger partial charge in [-0.3, -0.25) is 13.9 Å². The van der Waals surface area contributed by atoms with E-state index in [1.165, 1.54) is 6.42 Å². The van der Waals surface area contributed by atoms with Gasteiger partial charge in [-0.15, -0.1) is 0 Å². The molecule has 1 aliphatic carbocycles. The average molecular weight is 548 g/mol. The number of nitrogens with zero attached hydrogens (tertiary/aromatic N) is 2. The van der Waals surface area contributed by atoms with Crippen LogP contribution in [0.15, 0.2) is 48.5 Å². The lowest BCUT2D eigenvalue weighted by Gasteiger charge is -2.34. The van der Waals surface area contributed by atoms with Gasteiger partial charge in [-0.05, 0) is 55.9 Å². The fourth-order valence-corrected chi connectivity index (χ4v) is 5.97. The Morgan fingerprint density at radius 3 is 2.35 bits per heavy atom. The van der Waals surface area contributed by atoms with E-state index in [9.17, 15) is 18.0 Å². The second kappa shape index (κ2) is 13.3. The molecular formula is C28H38ClN3O4S.